The number of nitrogens with zero attached hydrogens (tertiary/aromatic N) is 2. The van der Waals surface area contributed by atoms with Crippen LogP contribution in [0.5, 0.6) is 0 Å². The van der Waals surface area contributed by atoms with Gasteiger partial charge in [0.05, 0.1) is 41.5 Å². The molecule has 2 rings (SSSR count). The van der Waals surface area contributed by atoms with Crippen LogP contribution in [-0.2, 0) is 11.3 Å². The van der Waals surface area contributed by atoms with Gasteiger partial charge in [-0.15, -0.1) is 0 Å². The number of hydrogen-bond donors (Lipinski definition) is 1. The summed E-state index contributed by atoms with van der Waals surface area (Å²) in [7, 11) is 0. The summed E-state index contributed by atoms with van der Waals surface area (Å²) in [5.41, 5.74) is 5.12. The van der Waals surface area contributed by atoms with Crippen molar-refractivity contribution in [2.24, 2.45) is 0 Å². The van der Waals surface area contributed by atoms with Crippen LogP contribution in [0.1, 0.15) is 40.1 Å². The molecule has 0 atom stereocenters. The lowest BCUT2D eigenvalue weighted by atomic mass is 10.2. The third-order valence-electron chi connectivity index (χ3n) is 3.51. The quantitative estimate of drug-likeness (QED) is 0.799. The molecule has 0 aliphatic carbocycles. The number of nitrogens with one attached hydrogen (secondary N) is 1. The van der Waals surface area contributed by atoms with Crippen LogP contribution < -0.4 is 5.32 Å². The highest BCUT2D eigenvalue weighted by Crippen LogP contribution is 2.24. The molecule has 0 amide bonds. The van der Waals surface area contributed by atoms with Crippen molar-refractivity contribution in [2.45, 2.75) is 34.2 Å². The molecule has 0 bridgehead atoms. The molecule has 5 nitrogen and oxygen atoms in total. The van der Waals surface area contributed by atoms with E-state index in [1.54, 1.807) is 19.1 Å². The fourth-order valence-corrected chi connectivity index (χ4v) is 2.63. The summed E-state index contributed by atoms with van der Waals surface area (Å²) in [5, 5.41) is 3.31. The third kappa shape index (κ3) is 4.28. The van der Waals surface area contributed by atoms with Crippen molar-refractivity contribution in [1.82, 2.24) is 9.97 Å². The van der Waals surface area contributed by atoms with E-state index in [1.165, 1.54) is 0 Å². The molecular weight excluding hydrogens is 358 g/mol. The second kappa shape index (κ2) is 7.55. The molecule has 1 heterocycles. The van der Waals surface area contributed by atoms with Crippen molar-refractivity contribution in [2.75, 3.05) is 11.9 Å². The zero-order valence-electron chi connectivity index (χ0n) is 13.7. The van der Waals surface area contributed by atoms with Gasteiger partial charge in [-0.1, -0.05) is 0 Å². The third-order valence-corrected chi connectivity index (χ3v) is 4.16. The normalized spacial score (nSPS) is 10.5. The standard InChI is InChI=1S/C17H20BrN3O2/c1-5-23-17(22)13-6-7-15(14(18)8-13)19-9-16-12(4)20-10(2)11(3)21-16/h6-8,19H,5,9H2,1-4H3. The second-order valence-electron chi connectivity index (χ2n) is 5.20. The Balaban J connectivity index is 2.12. The van der Waals surface area contributed by atoms with E-state index in [0.717, 1.165) is 32.9 Å². The van der Waals surface area contributed by atoms with Crippen molar-refractivity contribution >= 4 is 27.6 Å². The molecule has 1 aromatic heterocycles. The van der Waals surface area contributed by atoms with E-state index in [1.807, 2.05) is 26.8 Å². The highest BCUT2D eigenvalue weighted by Gasteiger charge is 2.10. The van der Waals surface area contributed by atoms with Crippen molar-refractivity contribution in [3.63, 3.8) is 0 Å². The minimum absolute atomic E-state index is 0.323. The second-order valence-corrected chi connectivity index (χ2v) is 6.05. The number of aromatic nitrogens is 2. The van der Waals surface area contributed by atoms with Gasteiger partial charge < -0.3 is 10.1 Å². The molecule has 23 heavy (non-hydrogen) atoms. The highest BCUT2D eigenvalue weighted by atomic mass is 79.9. The first-order chi connectivity index (χ1) is 10.9. The molecule has 0 aliphatic heterocycles. The number of carbonyl (C=O) groups is 1. The molecular formula is C17H20BrN3O2. The number of ether oxygens (including phenoxy) is 1. The van der Waals surface area contributed by atoms with Crippen LogP contribution in [0.15, 0.2) is 22.7 Å². The van der Waals surface area contributed by atoms with E-state index in [2.05, 4.69) is 31.2 Å². The predicted octanol–water partition coefficient (Wildman–Crippen LogP) is 3.95. The summed E-state index contributed by atoms with van der Waals surface area (Å²) in [6.07, 6.45) is 0. The number of anilines is 1. The Hall–Kier alpha value is -1.95. The van der Waals surface area contributed by atoms with Gasteiger partial charge in [0.25, 0.3) is 0 Å². The summed E-state index contributed by atoms with van der Waals surface area (Å²) in [6.45, 7) is 8.58. The van der Waals surface area contributed by atoms with Crippen LogP contribution in [-0.4, -0.2) is 22.5 Å². The van der Waals surface area contributed by atoms with Crippen molar-refractivity contribution in [3.8, 4) is 0 Å². The van der Waals surface area contributed by atoms with Gasteiger partial charge >= 0.3 is 5.97 Å². The van der Waals surface area contributed by atoms with Crippen LogP contribution in [0.25, 0.3) is 0 Å². The minimum Gasteiger partial charge on any atom is -0.462 e. The minimum atomic E-state index is -0.323. The van der Waals surface area contributed by atoms with Gasteiger partial charge in [0.15, 0.2) is 0 Å². The predicted molar refractivity (Wildman–Crippen MR) is 93.7 cm³/mol. The fourth-order valence-electron chi connectivity index (χ4n) is 2.11. The molecule has 2 aromatic rings. The van der Waals surface area contributed by atoms with Gasteiger partial charge in [-0.3, -0.25) is 9.97 Å². The Morgan fingerprint density at radius 3 is 2.52 bits per heavy atom. The number of rotatable bonds is 5. The molecule has 6 heteroatoms. The van der Waals surface area contributed by atoms with E-state index in [9.17, 15) is 4.79 Å². The smallest absolute Gasteiger partial charge is 0.338 e. The maximum Gasteiger partial charge on any atom is 0.338 e. The van der Waals surface area contributed by atoms with Crippen LogP contribution in [0.4, 0.5) is 5.69 Å². The van der Waals surface area contributed by atoms with Crippen LogP contribution >= 0.6 is 15.9 Å². The molecule has 122 valence electrons. The number of aryl methyl sites for hydroxylation is 3. The number of halogens is 1. The first kappa shape index (κ1) is 17.4. The Bertz CT molecular complexity index is 732. The van der Waals surface area contributed by atoms with E-state index >= 15 is 0 Å². The molecule has 0 unspecified atom stereocenters. The molecule has 0 saturated carbocycles. The summed E-state index contributed by atoms with van der Waals surface area (Å²) < 4.78 is 5.80. The summed E-state index contributed by atoms with van der Waals surface area (Å²) in [6, 6.07) is 5.34. The van der Waals surface area contributed by atoms with Gasteiger partial charge in [-0.2, -0.15) is 0 Å². The van der Waals surface area contributed by atoms with E-state index in [4.69, 9.17) is 4.74 Å². The lowest BCUT2D eigenvalue weighted by Crippen LogP contribution is -2.09. The maximum absolute atomic E-state index is 11.7. The van der Waals surface area contributed by atoms with Gasteiger partial charge in [-0.25, -0.2) is 4.79 Å². The molecule has 0 radical (unpaired) electrons. The Kier molecular flexibility index (Phi) is 5.71. The Labute approximate surface area is 144 Å². The first-order valence-electron chi connectivity index (χ1n) is 7.43. The van der Waals surface area contributed by atoms with Gasteiger partial charge in [-0.05, 0) is 61.8 Å². The lowest BCUT2D eigenvalue weighted by Gasteiger charge is -2.12. The Morgan fingerprint density at radius 2 is 1.87 bits per heavy atom. The zero-order valence-corrected chi connectivity index (χ0v) is 15.3. The van der Waals surface area contributed by atoms with Crippen molar-refractivity contribution in [3.05, 3.63) is 51.0 Å². The van der Waals surface area contributed by atoms with Crippen molar-refractivity contribution in [1.29, 1.82) is 0 Å². The maximum atomic E-state index is 11.7. The van der Waals surface area contributed by atoms with E-state index in [0.29, 0.717) is 18.7 Å². The number of hydrogen-bond acceptors (Lipinski definition) is 5. The highest BCUT2D eigenvalue weighted by molar-refractivity contribution is 9.10. The number of esters is 1. The molecule has 1 N–H and O–H groups in total. The van der Waals surface area contributed by atoms with Crippen LogP contribution in [0.3, 0.4) is 0 Å². The monoisotopic (exact) mass is 377 g/mol. The van der Waals surface area contributed by atoms with Crippen LogP contribution in [0.2, 0.25) is 0 Å². The molecule has 0 spiro atoms. The van der Waals surface area contributed by atoms with E-state index < -0.39 is 0 Å². The first-order valence-corrected chi connectivity index (χ1v) is 8.23. The molecule has 1 aromatic carbocycles. The average Bonchev–Trinajstić information content (AvgIpc) is 2.50. The summed E-state index contributed by atoms with van der Waals surface area (Å²) >= 11 is 3.48. The van der Waals surface area contributed by atoms with Gasteiger partial charge in [0, 0.05) is 10.2 Å². The molecule has 0 fully saturated rings. The number of benzene rings is 1. The van der Waals surface area contributed by atoms with Crippen molar-refractivity contribution < 1.29 is 9.53 Å². The van der Waals surface area contributed by atoms with E-state index in [-0.39, 0.29) is 5.97 Å². The molecule has 0 aliphatic rings. The summed E-state index contributed by atoms with van der Waals surface area (Å²) in [4.78, 5) is 20.8. The zero-order chi connectivity index (χ0) is 17.0. The SMILES string of the molecule is CCOC(=O)c1ccc(NCc2nc(C)c(C)nc2C)c(Br)c1. The fraction of sp³-hybridized carbons (Fsp3) is 0.353. The largest absolute Gasteiger partial charge is 0.462 e. The number of carbonyl (C=O) groups excluding carboxylic acids is 1. The van der Waals surface area contributed by atoms with Gasteiger partial charge in [0.1, 0.15) is 0 Å². The van der Waals surface area contributed by atoms with Gasteiger partial charge in [0.2, 0.25) is 0 Å². The van der Waals surface area contributed by atoms with Crippen LogP contribution in [0, 0.1) is 20.8 Å². The topological polar surface area (TPSA) is 64.1 Å². The Morgan fingerprint density at radius 1 is 1.17 bits per heavy atom. The molecule has 0 saturated heterocycles. The summed E-state index contributed by atoms with van der Waals surface area (Å²) in [5.74, 6) is -0.323. The average molecular weight is 378 g/mol. The lowest BCUT2D eigenvalue weighted by molar-refractivity contribution is 0.0526.